The van der Waals surface area contributed by atoms with Crippen molar-refractivity contribution in [3.8, 4) is 0 Å². The van der Waals surface area contributed by atoms with Gasteiger partial charge in [-0.2, -0.15) is 0 Å². The molecule has 0 aliphatic carbocycles. The van der Waals surface area contributed by atoms with Gasteiger partial charge in [-0.25, -0.2) is 4.39 Å². The van der Waals surface area contributed by atoms with Gasteiger partial charge in [0, 0.05) is 42.4 Å². The van der Waals surface area contributed by atoms with Crippen molar-refractivity contribution < 1.29 is 18.7 Å². The molecule has 1 aliphatic rings. The molecule has 1 aromatic heterocycles. The molecule has 1 unspecified atom stereocenters. The maximum Gasteiger partial charge on any atom is 0.247 e. The van der Waals surface area contributed by atoms with E-state index in [0.717, 1.165) is 21.5 Å². The van der Waals surface area contributed by atoms with Crippen LogP contribution in [0.3, 0.4) is 0 Å². The monoisotopic (exact) mass is 469 g/mol. The Morgan fingerprint density at radius 3 is 2.79 bits per heavy atom. The largest absolute Gasteiger partial charge is 0.379 e. The molecule has 0 bridgehead atoms. The minimum absolute atomic E-state index is 0.124. The number of amides is 2. The molecule has 33 heavy (non-hydrogen) atoms. The van der Waals surface area contributed by atoms with Crippen molar-refractivity contribution in [2.24, 2.45) is 7.05 Å². The number of carbonyl (C=O) groups excluding carboxylic acids is 2. The number of halogens is 1. The van der Waals surface area contributed by atoms with Crippen LogP contribution in [0.5, 0.6) is 0 Å². The van der Waals surface area contributed by atoms with Crippen molar-refractivity contribution in [2.45, 2.75) is 37.4 Å². The van der Waals surface area contributed by atoms with E-state index in [4.69, 9.17) is 4.74 Å². The standard InChI is InChI=1S/C25H28FN3O3S/c1-16(2)32-13-7-12-27-24(31)23-22-19-10-4-5-11-20(19)28(3)25(22)33-15-21(30)29(23)18-9-6-8-17(26)14-18/h4-6,8-11,14,16,23H,7,12-13,15H2,1-3H3,(H,27,31). The van der Waals surface area contributed by atoms with Crippen LogP contribution in [0.2, 0.25) is 0 Å². The highest BCUT2D eigenvalue weighted by Crippen LogP contribution is 2.43. The van der Waals surface area contributed by atoms with E-state index in [-0.39, 0.29) is 23.7 Å². The highest BCUT2D eigenvalue weighted by molar-refractivity contribution is 8.00. The predicted octanol–water partition coefficient (Wildman–Crippen LogP) is 4.43. The molecule has 1 aliphatic heterocycles. The molecule has 174 valence electrons. The smallest absolute Gasteiger partial charge is 0.247 e. The highest BCUT2D eigenvalue weighted by atomic mass is 32.2. The van der Waals surface area contributed by atoms with E-state index in [2.05, 4.69) is 5.32 Å². The summed E-state index contributed by atoms with van der Waals surface area (Å²) < 4.78 is 21.7. The van der Waals surface area contributed by atoms with Gasteiger partial charge >= 0.3 is 0 Å². The van der Waals surface area contributed by atoms with Crippen molar-refractivity contribution in [3.63, 3.8) is 0 Å². The molecule has 1 N–H and O–H groups in total. The Bertz CT molecular complexity index is 1180. The van der Waals surface area contributed by atoms with Crippen molar-refractivity contribution in [1.82, 2.24) is 9.88 Å². The predicted molar refractivity (Wildman–Crippen MR) is 129 cm³/mol. The van der Waals surface area contributed by atoms with Gasteiger partial charge in [-0.3, -0.25) is 14.5 Å². The number of rotatable bonds is 7. The van der Waals surface area contributed by atoms with Crippen LogP contribution in [0.4, 0.5) is 10.1 Å². The third kappa shape index (κ3) is 4.77. The highest BCUT2D eigenvalue weighted by Gasteiger charge is 2.39. The van der Waals surface area contributed by atoms with Crippen molar-refractivity contribution in [3.05, 3.63) is 59.9 Å². The number of nitrogens with zero attached hydrogens (tertiary/aromatic N) is 2. The second kappa shape index (κ2) is 9.97. The van der Waals surface area contributed by atoms with Crippen molar-refractivity contribution in [2.75, 3.05) is 23.8 Å². The summed E-state index contributed by atoms with van der Waals surface area (Å²) in [5.74, 6) is -0.841. The lowest BCUT2D eigenvalue weighted by atomic mass is 10.0. The summed E-state index contributed by atoms with van der Waals surface area (Å²) in [6.07, 6.45) is 0.778. The van der Waals surface area contributed by atoms with Crippen LogP contribution < -0.4 is 10.2 Å². The summed E-state index contributed by atoms with van der Waals surface area (Å²) in [6, 6.07) is 12.8. The topological polar surface area (TPSA) is 63.6 Å². The average Bonchev–Trinajstić information content (AvgIpc) is 2.96. The number of aromatic nitrogens is 1. The molecule has 0 fully saturated rings. The molecule has 4 rings (SSSR count). The first-order valence-electron chi connectivity index (χ1n) is 11.1. The lowest BCUT2D eigenvalue weighted by molar-refractivity contribution is -0.125. The third-order valence-electron chi connectivity index (χ3n) is 5.63. The normalized spacial score (nSPS) is 16.2. The SMILES string of the molecule is CC(C)OCCCNC(=O)C1c2c(n(C)c3ccccc23)SCC(=O)N1c1cccc(F)c1. The number of nitrogens with one attached hydrogen (secondary N) is 1. The van der Waals surface area contributed by atoms with E-state index in [1.54, 1.807) is 12.1 Å². The van der Waals surface area contributed by atoms with Gasteiger partial charge < -0.3 is 14.6 Å². The van der Waals surface area contributed by atoms with E-state index < -0.39 is 11.9 Å². The fraction of sp³-hybridized carbons (Fsp3) is 0.360. The van der Waals surface area contributed by atoms with Crippen molar-refractivity contribution in [1.29, 1.82) is 0 Å². The zero-order valence-electron chi connectivity index (χ0n) is 19.0. The quantitative estimate of drug-likeness (QED) is 0.520. The fourth-order valence-corrected chi connectivity index (χ4v) is 5.25. The second-order valence-corrected chi connectivity index (χ2v) is 9.26. The van der Waals surface area contributed by atoms with Crippen LogP contribution in [0.15, 0.2) is 53.6 Å². The summed E-state index contributed by atoms with van der Waals surface area (Å²) in [4.78, 5) is 28.3. The van der Waals surface area contributed by atoms with E-state index >= 15 is 0 Å². The van der Waals surface area contributed by atoms with E-state index in [1.807, 2.05) is 49.7 Å². The Balaban J connectivity index is 1.77. The van der Waals surface area contributed by atoms with Crippen LogP contribution in [0.25, 0.3) is 10.9 Å². The molecule has 2 heterocycles. The maximum atomic E-state index is 14.1. The molecule has 0 radical (unpaired) electrons. The molecule has 8 heteroatoms. The van der Waals surface area contributed by atoms with Gasteiger partial charge in [0.2, 0.25) is 11.8 Å². The minimum atomic E-state index is -0.915. The van der Waals surface area contributed by atoms with Crippen LogP contribution in [0, 0.1) is 5.82 Å². The summed E-state index contributed by atoms with van der Waals surface area (Å²) in [5, 5.41) is 4.75. The van der Waals surface area contributed by atoms with Crippen molar-refractivity contribution >= 4 is 40.2 Å². The molecule has 1 atom stereocenters. The molecule has 2 amide bonds. The first-order chi connectivity index (χ1) is 15.9. The maximum absolute atomic E-state index is 14.1. The Morgan fingerprint density at radius 2 is 2.03 bits per heavy atom. The zero-order chi connectivity index (χ0) is 23.5. The Hall–Kier alpha value is -2.84. The summed E-state index contributed by atoms with van der Waals surface area (Å²) in [7, 11) is 1.94. The Labute approximate surface area is 197 Å². The number of carbonyl (C=O) groups is 2. The number of hydrogen-bond donors (Lipinski definition) is 1. The lowest BCUT2D eigenvalue weighted by Gasteiger charge is -2.30. The number of ether oxygens (including phenoxy) is 1. The molecule has 0 spiro atoms. The first kappa shape index (κ1) is 23.3. The molecular formula is C25H28FN3O3S. The van der Waals surface area contributed by atoms with Gasteiger partial charge in [0.05, 0.1) is 16.9 Å². The zero-order valence-corrected chi connectivity index (χ0v) is 19.8. The number of hydrogen-bond acceptors (Lipinski definition) is 4. The molecule has 0 saturated heterocycles. The van der Waals surface area contributed by atoms with Crippen LogP contribution in [-0.2, 0) is 21.4 Å². The Morgan fingerprint density at radius 1 is 1.24 bits per heavy atom. The number of thioether (sulfide) groups is 1. The molecular weight excluding hydrogens is 441 g/mol. The average molecular weight is 470 g/mol. The molecule has 3 aromatic rings. The van der Waals surface area contributed by atoms with Crippen LogP contribution in [-0.4, -0.2) is 41.4 Å². The first-order valence-corrected chi connectivity index (χ1v) is 12.0. The van der Waals surface area contributed by atoms with Gasteiger partial charge in [0.1, 0.15) is 11.9 Å². The lowest BCUT2D eigenvalue weighted by Crippen LogP contribution is -2.44. The van der Waals surface area contributed by atoms with E-state index in [9.17, 15) is 14.0 Å². The number of benzene rings is 2. The van der Waals surface area contributed by atoms with Gasteiger partial charge in [0.15, 0.2) is 0 Å². The number of fused-ring (bicyclic) bond motifs is 3. The van der Waals surface area contributed by atoms with Crippen LogP contribution >= 0.6 is 11.8 Å². The fourth-order valence-electron chi connectivity index (χ4n) is 4.18. The van der Waals surface area contributed by atoms with E-state index in [0.29, 0.717) is 25.3 Å². The number of aryl methyl sites for hydroxylation is 1. The second-order valence-electron chi connectivity index (χ2n) is 8.29. The van der Waals surface area contributed by atoms with Gasteiger partial charge in [-0.1, -0.05) is 36.0 Å². The third-order valence-corrected chi connectivity index (χ3v) is 6.79. The van der Waals surface area contributed by atoms with Gasteiger partial charge in [-0.05, 0) is 44.5 Å². The molecule has 0 saturated carbocycles. The molecule has 6 nitrogen and oxygen atoms in total. The summed E-state index contributed by atoms with van der Waals surface area (Å²) in [5.41, 5.74) is 2.11. The number of para-hydroxylation sites is 1. The molecule has 2 aromatic carbocycles. The number of anilines is 1. The Kier molecular flexibility index (Phi) is 7.05. The summed E-state index contributed by atoms with van der Waals surface area (Å²) in [6.45, 7) is 4.88. The van der Waals surface area contributed by atoms with Gasteiger partial charge in [-0.15, -0.1) is 0 Å². The van der Waals surface area contributed by atoms with E-state index in [1.165, 1.54) is 28.8 Å². The van der Waals surface area contributed by atoms with Gasteiger partial charge in [0.25, 0.3) is 0 Å². The summed E-state index contributed by atoms with van der Waals surface area (Å²) >= 11 is 1.41. The minimum Gasteiger partial charge on any atom is -0.379 e. The van der Waals surface area contributed by atoms with Crippen LogP contribution in [0.1, 0.15) is 31.9 Å².